The van der Waals surface area contributed by atoms with Crippen LogP contribution in [0.15, 0.2) is 60.7 Å². The van der Waals surface area contributed by atoms with Crippen LogP contribution >= 0.6 is 0 Å². The van der Waals surface area contributed by atoms with Gasteiger partial charge in [-0.3, -0.25) is 4.79 Å². The minimum Gasteiger partial charge on any atom is -0.489 e. The number of anilines is 1. The molecule has 2 aliphatic heterocycles. The van der Waals surface area contributed by atoms with Gasteiger partial charge in [-0.2, -0.15) is 0 Å². The van der Waals surface area contributed by atoms with Gasteiger partial charge >= 0.3 is 0 Å². The van der Waals surface area contributed by atoms with Gasteiger partial charge < -0.3 is 19.7 Å². The van der Waals surface area contributed by atoms with E-state index in [2.05, 4.69) is 11.9 Å². The summed E-state index contributed by atoms with van der Waals surface area (Å²) < 4.78 is 11.8. The molecule has 0 radical (unpaired) electrons. The number of ether oxygens (including phenoxy) is 2. The van der Waals surface area contributed by atoms with Crippen LogP contribution in [0.5, 0.6) is 5.75 Å². The Kier molecular flexibility index (Phi) is 5.35. The van der Waals surface area contributed by atoms with Gasteiger partial charge in [-0.25, -0.2) is 0 Å². The zero-order valence-electron chi connectivity index (χ0n) is 16.2. The highest BCUT2D eigenvalue weighted by atomic mass is 16.5. The van der Waals surface area contributed by atoms with Gasteiger partial charge in [-0.1, -0.05) is 36.9 Å². The Morgan fingerprint density at radius 2 is 2.04 bits per heavy atom. The molecule has 2 heterocycles. The smallest absolute Gasteiger partial charge is 0.257 e. The topological polar surface area (TPSA) is 50.8 Å². The van der Waals surface area contributed by atoms with Crippen molar-refractivity contribution in [2.45, 2.75) is 32.0 Å². The summed E-state index contributed by atoms with van der Waals surface area (Å²) in [7, 11) is 0. The summed E-state index contributed by atoms with van der Waals surface area (Å²) in [5, 5.41) is 3.54. The molecule has 5 nitrogen and oxygen atoms in total. The molecule has 1 N–H and O–H groups in total. The predicted molar refractivity (Wildman–Crippen MR) is 110 cm³/mol. The summed E-state index contributed by atoms with van der Waals surface area (Å²) in [6, 6.07) is 15.5. The summed E-state index contributed by atoms with van der Waals surface area (Å²) >= 11 is 0. The maximum atomic E-state index is 13.3. The molecule has 0 aromatic heterocycles. The minimum absolute atomic E-state index is 0.0181. The Bertz CT molecular complexity index is 874. The third-order valence-electron chi connectivity index (χ3n) is 5.13. The van der Waals surface area contributed by atoms with Crippen LogP contribution in [0.25, 0.3) is 0 Å². The lowest BCUT2D eigenvalue weighted by molar-refractivity contribution is 0.0424. The van der Waals surface area contributed by atoms with Gasteiger partial charge in [0.1, 0.15) is 18.5 Å². The standard InChI is InChI=1S/C23H26N2O3/c1-16(2)15-28-21-12-6-4-10-19(21)22-24-20-11-5-3-9-18(20)23(26)25(22)14-17-8-7-13-27-17/h3-6,9-12,17,22,24H,1,7-8,13-15H2,2H3. The van der Waals surface area contributed by atoms with Crippen LogP contribution in [0, 0.1) is 0 Å². The lowest BCUT2D eigenvalue weighted by atomic mass is 10.0. The molecule has 0 spiro atoms. The van der Waals surface area contributed by atoms with Crippen molar-refractivity contribution in [3.8, 4) is 5.75 Å². The third-order valence-corrected chi connectivity index (χ3v) is 5.13. The van der Waals surface area contributed by atoms with E-state index in [1.165, 1.54) is 0 Å². The van der Waals surface area contributed by atoms with Crippen molar-refractivity contribution >= 4 is 11.6 Å². The van der Waals surface area contributed by atoms with Crippen LogP contribution in [0.3, 0.4) is 0 Å². The van der Waals surface area contributed by atoms with E-state index in [9.17, 15) is 4.79 Å². The number of fused-ring (bicyclic) bond motifs is 1. The fourth-order valence-electron chi connectivity index (χ4n) is 3.77. The van der Waals surface area contributed by atoms with E-state index < -0.39 is 0 Å². The summed E-state index contributed by atoms with van der Waals surface area (Å²) in [6.07, 6.45) is 1.78. The molecule has 1 fully saturated rings. The van der Waals surface area contributed by atoms with E-state index >= 15 is 0 Å². The van der Waals surface area contributed by atoms with Crippen molar-refractivity contribution < 1.29 is 14.3 Å². The molecule has 2 aromatic carbocycles. The first-order valence-corrected chi connectivity index (χ1v) is 9.77. The Morgan fingerprint density at radius 3 is 2.82 bits per heavy atom. The molecule has 2 unspecified atom stereocenters. The van der Waals surface area contributed by atoms with Crippen molar-refractivity contribution in [1.29, 1.82) is 0 Å². The fraction of sp³-hybridized carbons (Fsp3) is 0.348. The average Bonchev–Trinajstić information content (AvgIpc) is 3.22. The highest BCUT2D eigenvalue weighted by Gasteiger charge is 2.36. The van der Waals surface area contributed by atoms with Crippen molar-refractivity contribution in [2.24, 2.45) is 0 Å². The number of amides is 1. The molecule has 5 heteroatoms. The van der Waals surface area contributed by atoms with Crippen LogP contribution in [-0.2, 0) is 4.74 Å². The monoisotopic (exact) mass is 378 g/mol. The van der Waals surface area contributed by atoms with E-state index in [0.29, 0.717) is 18.7 Å². The van der Waals surface area contributed by atoms with Gasteiger partial charge in [-0.15, -0.1) is 0 Å². The molecule has 2 aromatic rings. The number of nitrogens with one attached hydrogen (secondary N) is 1. The quantitative estimate of drug-likeness (QED) is 0.758. The molecule has 0 saturated carbocycles. The Hall–Kier alpha value is -2.79. The van der Waals surface area contributed by atoms with Gasteiger partial charge in [-0.05, 0) is 43.5 Å². The molecule has 1 saturated heterocycles. The molecule has 0 bridgehead atoms. The van der Waals surface area contributed by atoms with E-state index in [1.807, 2.05) is 60.4 Å². The van der Waals surface area contributed by atoms with Crippen LogP contribution in [-0.4, -0.2) is 36.7 Å². The molecule has 2 aliphatic rings. The second-order valence-electron chi connectivity index (χ2n) is 7.47. The second kappa shape index (κ2) is 8.07. The number of carbonyl (C=O) groups excluding carboxylic acids is 1. The van der Waals surface area contributed by atoms with Gasteiger partial charge in [0.15, 0.2) is 0 Å². The number of benzene rings is 2. The largest absolute Gasteiger partial charge is 0.489 e. The molecule has 2 atom stereocenters. The van der Waals surface area contributed by atoms with E-state index in [-0.39, 0.29) is 18.2 Å². The highest BCUT2D eigenvalue weighted by Crippen LogP contribution is 2.37. The fourth-order valence-corrected chi connectivity index (χ4v) is 3.77. The number of carbonyl (C=O) groups is 1. The van der Waals surface area contributed by atoms with Crippen molar-refractivity contribution in [3.05, 3.63) is 71.8 Å². The SMILES string of the molecule is C=C(C)COc1ccccc1C1Nc2ccccc2C(=O)N1CC1CCCO1. The molecule has 0 aliphatic carbocycles. The number of rotatable bonds is 6. The van der Waals surface area contributed by atoms with Gasteiger partial charge in [0.05, 0.1) is 11.7 Å². The zero-order valence-corrected chi connectivity index (χ0v) is 16.2. The number of nitrogens with zero attached hydrogens (tertiary/aromatic N) is 1. The highest BCUT2D eigenvalue weighted by molar-refractivity contribution is 6.01. The Morgan fingerprint density at radius 1 is 1.25 bits per heavy atom. The summed E-state index contributed by atoms with van der Waals surface area (Å²) in [5.74, 6) is 0.775. The predicted octanol–water partition coefficient (Wildman–Crippen LogP) is 4.39. The lowest BCUT2D eigenvalue weighted by Crippen LogP contribution is -2.46. The normalized spacial score (nSPS) is 21.2. The Labute approximate surface area is 165 Å². The Balaban J connectivity index is 1.70. The molecule has 146 valence electrons. The molecular weight excluding hydrogens is 352 g/mol. The van der Waals surface area contributed by atoms with E-state index in [0.717, 1.165) is 42.0 Å². The minimum atomic E-state index is -0.312. The van der Waals surface area contributed by atoms with Crippen molar-refractivity contribution in [2.75, 3.05) is 25.1 Å². The van der Waals surface area contributed by atoms with Gasteiger partial charge in [0.2, 0.25) is 0 Å². The molecule has 4 rings (SSSR count). The lowest BCUT2D eigenvalue weighted by Gasteiger charge is -2.39. The first kappa shape index (κ1) is 18.6. The summed E-state index contributed by atoms with van der Waals surface area (Å²) in [5.41, 5.74) is 3.42. The van der Waals surface area contributed by atoms with Crippen LogP contribution in [0.1, 0.15) is 41.9 Å². The van der Waals surface area contributed by atoms with Crippen molar-refractivity contribution in [3.63, 3.8) is 0 Å². The molecule has 28 heavy (non-hydrogen) atoms. The van der Waals surface area contributed by atoms with Gasteiger partial charge in [0, 0.05) is 24.4 Å². The summed E-state index contributed by atoms with van der Waals surface area (Å²) in [6.45, 7) is 7.61. The average molecular weight is 378 g/mol. The van der Waals surface area contributed by atoms with Gasteiger partial charge in [0.25, 0.3) is 5.91 Å². The van der Waals surface area contributed by atoms with Crippen LogP contribution < -0.4 is 10.1 Å². The first-order chi connectivity index (χ1) is 13.6. The number of para-hydroxylation sites is 2. The van der Waals surface area contributed by atoms with E-state index in [1.54, 1.807) is 0 Å². The molecular formula is C23H26N2O3. The van der Waals surface area contributed by atoms with Crippen LogP contribution in [0.2, 0.25) is 0 Å². The number of hydrogen-bond acceptors (Lipinski definition) is 4. The van der Waals surface area contributed by atoms with E-state index in [4.69, 9.17) is 9.47 Å². The first-order valence-electron chi connectivity index (χ1n) is 9.77. The second-order valence-corrected chi connectivity index (χ2v) is 7.47. The molecule has 1 amide bonds. The maximum absolute atomic E-state index is 13.3. The maximum Gasteiger partial charge on any atom is 0.257 e. The summed E-state index contributed by atoms with van der Waals surface area (Å²) in [4.78, 5) is 15.2. The number of hydrogen-bond donors (Lipinski definition) is 1. The zero-order chi connectivity index (χ0) is 19.5. The van der Waals surface area contributed by atoms with Crippen molar-refractivity contribution in [1.82, 2.24) is 4.90 Å². The van der Waals surface area contributed by atoms with Crippen LogP contribution in [0.4, 0.5) is 5.69 Å². The third kappa shape index (κ3) is 3.76.